The molecule has 3 rings (SSSR count). The summed E-state index contributed by atoms with van der Waals surface area (Å²) < 4.78 is 0. The van der Waals surface area contributed by atoms with Gasteiger partial charge in [0.1, 0.15) is 10.6 Å². The highest BCUT2D eigenvalue weighted by atomic mass is 32.1. The Labute approximate surface area is 130 Å². The number of aryl methyl sites for hydroxylation is 1. The van der Waals surface area contributed by atoms with Crippen molar-refractivity contribution in [1.82, 2.24) is 9.97 Å². The van der Waals surface area contributed by atoms with E-state index in [0.29, 0.717) is 12.0 Å². The van der Waals surface area contributed by atoms with Gasteiger partial charge in [-0.25, -0.2) is 4.98 Å². The van der Waals surface area contributed by atoms with Crippen LogP contribution in [0.2, 0.25) is 0 Å². The maximum atomic E-state index is 4.79. The van der Waals surface area contributed by atoms with Crippen molar-refractivity contribution in [2.45, 2.75) is 46.1 Å². The van der Waals surface area contributed by atoms with E-state index in [1.807, 2.05) is 7.05 Å². The second-order valence-electron chi connectivity index (χ2n) is 6.18. The number of anilines is 2. The summed E-state index contributed by atoms with van der Waals surface area (Å²) in [5.41, 5.74) is 0. The van der Waals surface area contributed by atoms with E-state index in [0.717, 1.165) is 29.6 Å². The van der Waals surface area contributed by atoms with Crippen LogP contribution >= 0.6 is 11.3 Å². The molecule has 2 heterocycles. The molecule has 1 N–H and O–H groups in total. The molecule has 0 aliphatic heterocycles. The normalized spacial score (nSPS) is 14.9. The van der Waals surface area contributed by atoms with Crippen molar-refractivity contribution in [1.29, 1.82) is 0 Å². The van der Waals surface area contributed by atoms with Crippen molar-refractivity contribution in [3.05, 3.63) is 10.9 Å². The molecule has 0 spiro atoms. The van der Waals surface area contributed by atoms with Crippen LogP contribution in [0, 0.1) is 5.92 Å². The van der Waals surface area contributed by atoms with Crippen LogP contribution in [0.5, 0.6) is 0 Å². The fourth-order valence-corrected chi connectivity index (χ4v) is 3.61. The number of thiophene rings is 1. The van der Waals surface area contributed by atoms with Gasteiger partial charge in [0, 0.05) is 24.5 Å². The first-order valence-corrected chi connectivity index (χ1v) is 8.68. The lowest BCUT2D eigenvalue weighted by Crippen LogP contribution is -2.31. The summed E-state index contributed by atoms with van der Waals surface area (Å²) in [7, 11) is 1.89. The van der Waals surface area contributed by atoms with E-state index in [4.69, 9.17) is 4.98 Å². The molecule has 0 radical (unpaired) electrons. The molecule has 1 aliphatic rings. The number of nitrogens with one attached hydrogen (secondary N) is 1. The Morgan fingerprint density at radius 2 is 2.14 bits per heavy atom. The van der Waals surface area contributed by atoms with Crippen LogP contribution in [0.25, 0.3) is 10.2 Å². The molecule has 0 atom stereocenters. The number of fused-ring (bicyclic) bond motifs is 1. The number of hydrogen-bond donors (Lipinski definition) is 1. The van der Waals surface area contributed by atoms with Crippen LogP contribution in [0.15, 0.2) is 6.07 Å². The third-order valence-electron chi connectivity index (χ3n) is 3.82. The van der Waals surface area contributed by atoms with Gasteiger partial charge in [-0.1, -0.05) is 20.8 Å². The SMILES string of the molecule is CCc1cc2c(N(CC(C)C)C3CC3)nc(NC)nc2s1. The molecular weight excluding hydrogens is 280 g/mol. The van der Waals surface area contributed by atoms with E-state index in [1.165, 1.54) is 23.1 Å². The third-order valence-corrected chi connectivity index (χ3v) is 4.99. The molecule has 0 aromatic carbocycles. The highest BCUT2D eigenvalue weighted by molar-refractivity contribution is 7.18. The smallest absolute Gasteiger partial charge is 0.225 e. The number of nitrogens with zero attached hydrogens (tertiary/aromatic N) is 3. The molecule has 0 saturated heterocycles. The van der Waals surface area contributed by atoms with E-state index >= 15 is 0 Å². The van der Waals surface area contributed by atoms with Crippen molar-refractivity contribution < 1.29 is 0 Å². The fourth-order valence-electron chi connectivity index (χ4n) is 2.65. The first-order chi connectivity index (χ1) is 10.1. The molecule has 2 aromatic heterocycles. The molecule has 5 heteroatoms. The minimum absolute atomic E-state index is 0.637. The van der Waals surface area contributed by atoms with Crippen molar-refractivity contribution in [3.63, 3.8) is 0 Å². The van der Waals surface area contributed by atoms with Crippen LogP contribution in [-0.4, -0.2) is 29.6 Å². The minimum Gasteiger partial charge on any atom is -0.357 e. The Bertz CT molecular complexity index is 630. The molecule has 0 bridgehead atoms. The average molecular weight is 304 g/mol. The second kappa shape index (κ2) is 5.79. The molecule has 1 aliphatic carbocycles. The van der Waals surface area contributed by atoms with Gasteiger partial charge in [0.15, 0.2) is 0 Å². The summed E-state index contributed by atoms with van der Waals surface area (Å²) in [4.78, 5) is 14.4. The van der Waals surface area contributed by atoms with Gasteiger partial charge >= 0.3 is 0 Å². The van der Waals surface area contributed by atoms with Gasteiger partial charge in [-0.3, -0.25) is 0 Å². The van der Waals surface area contributed by atoms with Gasteiger partial charge in [-0.15, -0.1) is 11.3 Å². The Balaban J connectivity index is 2.11. The lowest BCUT2D eigenvalue weighted by Gasteiger charge is -2.26. The van der Waals surface area contributed by atoms with Gasteiger partial charge in [0.2, 0.25) is 5.95 Å². The van der Waals surface area contributed by atoms with Gasteiger partial charge in [-0.05, 0) is 31.2 Å². The largest absolute Gasteiger partial charge is 0.357 e. The third kappa shape index (κ3) is 2.98. The summed E-state index contributed by atoms with van der Waals surface area (Å²) >= 11 is 1.79. The monoisotopic (exact) mass is 304 g/mol. The van der Waals surface area contributed by atoms with Crippen molar-refractivity contribution in [2.24, 2.45) is 5.92 Å². The van der Waals surface area contributed by atoms with E-state index < -0.39 is 0 Å². The van der Waals surface area contributed by atoms with E-state index in [-0.39, 0.29) is 0 Å². The Morgan fingerprint density at radius 1 is 1.38 bits per heavy atom. The lowest BCUT2D eigenvalue weighted by molar-refractivity contribution is 0.604. The Hall–Kier alpha value is -1.36. The summed E-state index contributed by atoms with van der Waals surface area (Å²) in [6, 6.07) is 2.95. The van der Waals surface area contributed by atoms with Crippen molar-refractivity contribution >= 4 is 33.3 Å². The summed E-state index contributed by atoms with van der Waals surface area (Å²) in [5, 5.41) is 4.34. The molecule has 114 valence electrons. The van der Waals surface area contributed by atoms with E-state index in [2.05, 4.69) is 42.0 Å². The van der Waals surface area contributed by atoms with Crippen molar-refractivity contribution in [3.8, 4) is 0 Å². The standard InChI is InChI=1S/C16H24N4S/c1-5-12-8-13-14(18-16(17-4)19-15(13)21-12)20(9-10(2)3)11-6-7-11/h8,10-11H,5-7,9H2,1-4H3,(H,17,18,19). The predicted molar refractivity (Wildman–Crippen MR) is 91.5 cm³/mol. The predicted octanol–water partition coefficient (Wildman–Crippen LogP) is 3.92. The molecule has 4 nitrogen and oxygen atoms in total. The second-order valence-corrected chi connectivity index (χ2v) is 7.30. The maximum absolute atomic E-state index is 4.79. The van der Waals surface area contributed by atoms with Crippen LogP contribution in [0.1, 0.15) is 38.5 Å². The summed E-state index contributed by atoms with van der Waals surface area (Å²) in [6.07, 6.45) is 3.64. The quantitative estimate of drug-likeness (QED) is 0.878. The topological polar surface area (TPSA) is 41.1 Å². The van der Waals surface area contributed by atoms with Crippen LogP contribution in [0.3, 0.4) is 0 Å². The van der Waals surface area contributed by atoms with Gasteiger partial charge in [0.25, 0.3) is 0 Å². The van der Waals surface area contributed by atoms with Crippen molar-refractivity contribution in [2.75, 3.05) is 23.8 Å². The van der Waals surface area contributed by atoms with Crippen LogP contribution in [-0.2, 0) is 6.42 Å². The molecule has 0 amide bonds. The molecule has 21 heavy (non-hydrogen) atoms. The van der Waals surface area contributed by atoms with Crippen LogP contribution < -0.4 is 10.2 Å². The molecule has 0 unspecified atom stereocenters. The zero-order chi connectivity index (χ0) is 15.0. The van der Waals surface area contributed by atoms with Gasteiger partial charge in [-0.2, -0.15) is 4.98 Å². The lowest BCUT2D eigenvalue weighted by atomic mass is 10.2. The van der Waals surface area contributed by atoms with E-state index in [9.17, 15) is 0 Å². The number of aromatic nitrogens is 2. The maximum Gasteiger partial charge on any atom is 0.225 e. The first-order valence-electron chi connectivity index (χ1n) is 7.87. The van der Waals surface area contributed by atoms with E-state index in [1.54, 1.807) is 11.3 Å². The summed E-state index contributed by atoms with van der Waals surface area (Å²) in [5.74, 6) is 2.49. The summed E-state index contributed by atoms with van der Waals surface area (Å²) in [6.45, 7) is 7.82. The fraction of sp³-hybridized carbons (Fsp3) is 0.625. The number of hydrogen-bond acceptors (Lipinski definition) is 5. The number of rotatable bonds is 6. The average Bonchev–Trinajstić information content (AvgIpc) is 3.22. The Morgan fingerprint density at radius 3 is 2.71 bits per heavy atom. The minimum atomic E-state index is 0.637. The van der Waals surface area contributed by atoms with Gasteiger partial charge in [0.05, 0.1) is 5.39 Å². The molecule has 1 saturated carbocycles. The molecule has 2 aromatic rings. The molecule has 1 fully saturated rings. The Kier molecular flexibility index (Phi) is 4.02. The highest BCUT2D eigenvalue weighted by Gasteiger charge is 2.32. The zero-order valence-corrected chi connectivity index (χ0v) is 14.1. The van der Waals surface area contributed by atoms with Crippen LogP contribution in [0.4, 0.5) is 11.8 Å². The highest BCUT2D eigenvalue weighted by Crippen LogP contribution is 2.38. The zero-order valence-electron chi connectivity index (χ0n) is 13.3. The first kappa shape index (κ1) is 14.6. The van der Waals surface area contributed by atoms with Gasteiger partial charge < -0.3 is 10.2 Å². The molecular formula is C16H24N4S.